The molecule has 0 aliphatic heterocycles. The third-order valence-corrected chi connectivity index (χ3v) is 2.90. The van der Waals surface area contributed by atoms with Crippen molar-refractivity contribution in [2.24, 2.45) is 0 Å². The molecule has 1 heterocycles. The van der Waals surface area contributed by atoms with Crippen molar-refractivity contribution in [2.75, 3.05) is 0 Å². The number of ether oxygens (including phenoxy) is 1. The fourth-order valence-corrected chi connectivity index (χ4v) is 2.13. The fraction of sp³-hybridized carbons (Fsp3) is 0.0667. The first kappa shape index (κ1) is 9.80. The number of hydrogen-bond acceptors (Lipinski definition) is 1. The molecule has 2 nitrogen and oxygen atoms in total. The molecule has 2 heteroatoms. The number of aryl methyl sites for hydroxylation is 1. The van der Waals surface area contributed by atoms with Crippen molar-refractivity contribution < 1.29 is 4.74 Å². The zero-order valence-corrected chi connectivity index (χ0v) is 9.45. The highest BCUT2D eigenvalue weighted by Gasteiger charge is 2.05. The van der Waals surface area contributed by atoms with E-state index in [2.05, 4.69) is 36.2 Å². The second-order valence-electron chi connectivity index (χ2n) is 4.10. The number of H-pyrrole nitrogens is 1. The van der Waals surface area contributed by atoms with E-state index >= 15 is 0 Å². The van der Waals surface area contributed by atoms with Crippen molar-refractivity contribution >= 4 is 21.8 Å². The minimum absolute atomic E-state index is 0.684. The predicted molar refractivity (Wildman–Crippen MR) is 70.0 cm³/mol. The van der Waals surface area contributed by atoms with Crippen molar-refractivity contribution in [1.29, 1.82) is 0 Å². The largest absolute Gasteiger partial charge is 0.408 e. The summed E-state index contributed by atoms with van der Waals surface area (Å²) in [5, 5.41) is 2.40. The van der Waals surface area contributed by atoms with E-state index in [1.807, 2.05) is 18.2 Å². The van der Waals surface area contributed by atoms with Crippen LogP contribution in [-0.2, 0) is 0 Å². The number of benzene rings is 2. The SMILES string of the molecule is C#COc1ccc2c(c1)[nH]c1cc(C)ccc12. The molecule has 0 saturated heterocycles. The Labute approximate surface area is 99.2 Å². The van der Waals surface area contributed by atoms with Gasteiger partial charge in [-0.3, -0.25) is 0 Å². The molecule has 2 aromatic carbocycles. The van der Waals surface area contributed by atoms with Gasteiger partial charge in [-0.1, -0.05) is 18.6 Å². The maximum absolute atomic E-state index is 5.12. The fourth-order valence-electron chi connectivity index (χ4n) is 2.13. The second kappa shape index (κ2) is 3.57. The molecule has 0 bridgehead atoms. The van der Waals surface area contributed by atoms with E-state index in [-0.39, 0.29) is 0 Å². The summed E-state index contributed by atoms with van der Waals surface area (Å²) in [5.41, 5.74) is 3.42. The van der Waals surface area contributed by atoms with Crippen LogP contribution in [0.25, 0.3) is 21.8 Å². The molecule has 1 N–H and O–H groups in total. The van der Waals surface area contributed by atoms with Crippen LogP contribution >= 0.6 is 0 Å². The molecule has 3 aromatic rings. The predicted octanol–water partition coefficient (Wildman–Crippen LogP) is 3.60. The molecule has 0 spiro atoms. The van der Waals surface area contributed by atoms with E-state index < -0.39 is 0 Å². The minimum atomic E-state index is 0.684. The smallest absolute Gasteiger partial charge is 0.142 e. The lowest BCUT2D eigenvalue weighted by molar-refractivity contribution is 0.521. The molecule has 0 saturated carbocycles. The average molecular weight is 221 g/mol. The first-order valence-electron chi connectivity index (χ1n) is 5.42. The normalized spacial score (nSPS) is 10.6. The van der Waals surface area contributed by atoms with Crippen molar-refractivity contribution in [1.82, 2.24) is 4.98 Å². The van der Waals surface area contributed by atoms with Crippen LogP contribution in [0.15, 0.2) is 36.4 Å². The number of rotatable bonds is 1. The van der Waals surface area contributed by atoms with Gasteiger partial charge in [0.25, 0.3) is 0 Å². The molecule has 0 amide bonds. The molecule has 0 fully saturated rings. The Hall–Kier alpha value is -2.40. The molecular weight excluding hydrogens is 210 g/mol. The van der Waals surface area contributed by atoms with Crippen LogP contribution in [0.1, 0.15) is 5.56 Å². The Bertz CT molecular complexity index is 747. The summed E-state index contributed by atoms with van der Waals surface area (Å²) in [4.78, 5) is 3.37. The van der Waals surface area contributed by atoms with Gasteiger partial charge >= 0.3 is 0 Å². The first-order valence-corrected chi connectivity index (χ1v) is 5.42. The number of aromatic amines is 1. The van der Waals surface area contributed by atoms with Gasteiger partial charge in [0, 0.05) is 22.4 Å². The van der Waals surface area contributed by atoms with Crippen LogP contribution in [0.5, 0.6) is 5.75 Å². The molecule has 0 aliphatic rings. The van der Waals surface area contributed by atoms with Crippen LogP contribution in [0, 0.1) is 19.5 Å². The lowest BCUT2D eigenvalue weighted by atomic mass is 10.1. The van der Waals surface area contributed by atoms with Gasteiger partial charge in [-0.2, -0.15) is 0 Å². The summed E-state index contributed by atoms with van der Waals surface area (Å²) < 4.78 is 5.04. The van der Waals surface area contributed by atoms with E-state index in [1.54, 1.807) is 0 Å². The Morgan fingerprint density at radius 1 is 1.06 bits per heavy atom. The van der Waals surface area contributed by atoms with Gasteiger partial charge in [-0.15, -0.1) is 0 Å². The van der Waals surface area contributed by atoms with Crippen LogP contribution in [0.4, 0.5) is 0 Å². The van der Waals surface area contributed by atoms with Gasteiger partial charge in [0.05, 0.1) is 5.52 Å². The van der Waals surface area contributed by atoms with E-state index in [0.717, 1.165) is 11.0 Å². The quantitative estimate of drug-likeness (QED) is 0.624. The Morgan fingerprint density at radius 3 is 2.53 bits per heavy atom. The van der Waals surface area contributed by atoms with Crippen molar-refractivity contribution in [3.8, 4) is 18.3 Å². The highest BCUT2D eigenvalue weighted by atomic mass is 16.5. The van der Waals surface area contributed by atoms with Crippen LogP contribution in [-0.4, -0.2) is 4.98 Å². The Kier molecular flexibility index (Phi) is 2.06. The molecule has 0 radical (unpaired) electrons. The third kappa shape index (κ3) is 1.53. The number of nitrogens with one attached hydrogen (secondary N) is 1. The number of aromatic nitrogens is 1. The first-order chi connectivity index (χ1) is 8.28. The number of hydrogen-bond donors (Lipinski definition) is 1. The third-order valence-electron chi connectivity index (χ3n) is 2.90. The van der Waals surface area contributed by atoms with Crippen LogP contribution in [0.3, 0.4) is 0 Å². The van der Waals surface area contributed by atoms with E-state index in [9.17, 15) is 0 Å². The minimum Gasteiger partial charge on any atom is -0.408 e. The second-order valence-corrected chi connectivity index (χ2v) is 4.10. The monoisotopic (exact) mass is 221 g/mol. The maximum Gasteiger partial charge on any atom is 0.142 e. The summed E-state index contributed by atoms with van der Waals surface area (Å²) in [6.07, 6.45) is 7.29. The van der Waals surface area contributed by atoms with Crippen molar-refractivity contribution in [3.05, 3.63) is 42.0 Å². The average Bonchev–Trinajstić information content (AvgIpc) is 2.65. The summed E-state index contributed by atoms with van der Waals surface area (Å²) >= 11 is 0. The highest BCUT2D eigenvalue weighted by molar-refractivity contribution is 6.07. The van der Waals surface area contributed by atoms with Gasteiger partial charge in [0.15, 0.2) is 0 Å². The van der Waals surface area contributed by atoms with Crippen LogP contribution in [0.2, 0.25) is 0 Å². The molecular formula is C15H11NO. The Morgan fingerprint density at radius 2 is 1.76 bits per heavy atom. The highest BCUT2D eigenvalue weighted by Crippen LogP contribution is 2.28. The molecule has 0 atom stereocenters. The molecule has 1 aromatic heterocycles. The van der Waals surface area contributed by atoms with Crippen molar-refractivity contribution in [3.63, 3.8) is 0 Å². The zero-order valence-electron chi connectivity index (χ0n) is 9.45. The lowest BCUT2D eigenvalue weighted by Gasteiger charge is -1.96. The molecule has 3 rings (SSSR count). The molecule has 17 heavy (non-hydrogen) atoms. The maximum atomic E-state index is 5.12. The van der Waals surface area contributed by atoms with Gasteiger partial charge in [-0.05, 0) is 30.7 Å². The van der Waals surface area contributed by atoms with E-state index in [0.29, 0.717) is 5.75 Å². The standard InChI is InChI=1S/C15H11NO/c1-3-17-11-5-7-13-12-6-4-10(2)8-14(12)16-15(13)9-11/h1,4-9,16H,2H3. The topological polar surface area (TPSA) is 25.0 Å². The van der Waals surface area contributed by atoms with Gasteiger partial charge in [0.1, 0.15) is 11.9 Å². The molecule has 0 aliphatic carbocycles. The number of terminal acetylenes is 1. The lowest BCUT2D eigenvalue weighted by Crippen LogP contribution is -1.80. The summed E-state index contributed by atoms with van der Waals surface area (Å²) in [7, 11) is 0. The Balaban J connectivity index is 2.32. The summed E-state index contributed by atoms with van der Waals surface area (Å²) in [5.74, 6) is 0.684. The molecule has 82 valence electrons. The summed E-state index contributed by atoms with van der Waals surface area (Å²) in [6, 6.07) is 12.2. The van der Waals surface area contributed by atoms with Gasteiger partial charge in [0.2, 0.25) is 0 Å². The van der Waals surface area contributed by atoms with E-state index in [4.69, 9.17) is 11.2 Å². The number of fused-ring (bicyclic) bond motifs is 3. The zero-order chi connectivity index (χ0) is 11.8. The van der Waals surface area contributed by atoms with Gasteiger partial charge < -0.3 is 9.72 Å². The molecule has 0 unspecified atom stereocenters. The van der Waals surface area contributed by atoms with Crippen molar-refractivity contribution in [2.45, 2.75) is 6.92 Å². The van der Waals surface area contributed by atoms with Gasteiger partial charge in [-0.25, -0.2) is 0 Å². The van der Waals surface area contributed by atoms with Crippen LogP contribution < -0.4 is 4.74 Å². The summed E-state index contributed by atoms with van der Waals surface area (Å²) in [6.45, 7) is 2.08. The van der Waals surface area contributed by atoms with E-state index in [1.165, 1.54) is 16.3 Å².